The average molecular weight is 480 g/mol. The lowest BCUT2D eigenvalue weighted by Crippen LogP contribution is -2.27. The van der Waals surface area contributed by atoms with Crippen LogP contribution in [0.15, 0.2) is 64.3 Å². The van der Waals surface area contributed by atoms with Crippen LogP contribution < -0.4 is 14.2 Å². The van der Waals surface area contributed by atoms with Crippen LogP contribution in [0.3, 0.4) is 0 Å². The predicted molar refractivity (Wildman–Crippen MR) is 131 cm³/mol. The van der Waals surface area contributed by atoms with E-state index in [1.807, 2.05) is 48.5 Å². The van der Waals surface area contributed by atoms with E-state index in [0.29, 0.717) is 43.0 Å². The molecule has 0 fully saturated rings. The number of rotatable bonds is 11. The molecule has 0 aliphatic rings. The van der Waals surface area contributed by atoms with Crippen molar-refractivity contribution >= 4 is 28.9 Å². The molecule has 0 unspecified atom stereocenters. The summed E-state index contributed by atoms with van der Waals surface area (Å²) in [5.74, 6) is 3.24. The molecule has 2 aromatic carbocycles. The molecular weight excluding hydrogens is 449 g/mol. The van der Waals surface area contributed by atoms with Crippen LogP contribution in [0.25, 0.3) is 0 Å². The van der Waals surface area contributed by atoms with E-state index in [0.717, 1.165) is 11.5 Å². The summed E-state index contributed by atoms with van der Waals surface area (Å²) in [6.45, 7) is 11.7. The zero-order valence-electron chi connectivity index (χ0n) is 19.2. The van der Waals surface area contributed by atoms with E-state index in [1.165, 1.54) is 0 Å². The van der Waals surface area contributed by atoms with Crippen LogP contribution >= 0.6 is 23.2 Å². The fraction of sp³-hybridized carbons (Fsp3) is 0.400. The predicted octanol–water partition coefficient (Wildman–Crippen LogP) is 7.63. The molecule has 0 saturated carbocycles. The number of hydrogen-bond acceptors (Lipinski definition) is 5. The van der Waals surface area contributed by atoms with E-state index >= 15 is 0 Å². The first-order valence-electron chi connectivity index (χ1n) is 10.5. The molecule has 0 N–H and O–H groups in total. The summed E-state index contributed by atoms with van der Waals surface area (Å²) < 4.78 is 17.5. The molecule has 0 bridgehead atoms. The minimum atomic E-state index is -0.150. The fourth-order valence-electron chi connectivity index (χ4n) is 2.34. The van der Waals surface area contributed by atoms with Crippen molar-refractivity contribution in [3.8, 4) is 23.0 Å². The molecule has 0 aromatic heterocycles. The summed E-state index contributed by atoms with van der Waals surface area (Å²) in [5, 5.41) is 4.30. The number of oxime groups is 1. The first-order valence-corrected chi connectivity index (χ1v) is 11.2. The summed E-state index contributed by atoms with van der Waals surface area (Å²) >= 11 is 11.1. The van der Waals surface area contributed by atoms with Gasteiger partial charge in [-0.1, -0.05) is 63.0 Å². The molecule has 2 rings (SSSR count). The normalized spacial score (nSPS) is 11.8. The van der Waals surface area contributed by atoms with Crippen molar-refractivity contribution in [2.75, 3.05) is 19.8 Å². The number of nitrogens with zero attached hydrogens (tertiary/aromatic N) is 1. The van der Waals surface area contributed by atoms with Gasteiger partial charge >= 0.3 is 0 Å². The smallest absolute Gasteiger partial charge is 0.130 e. The van der Waals surface area contributed by atoms with Crippen molar-refractivity contribution in [3.63, 3.8) is 0 Å². The van der Waals surface area contributed by atoms with E-state index < -0.39 is 0 Å². The maximum absolute atomic E-state index is 5.92. The lowest BCUT2D eigenvalue weighted by molar-refractivity contribution is 0.114. The van der Waals surface area contributed by atoms with Crippen LogP contribution in [-0.2, 0) is 4.84 Å². The molecule has 0 aliphatic carbocycles. The van der Waals surface area contributed by atoms with E-state index in [1.54, 1.807) is 6.08 Å². The molecule has 174 valence electrons. The second kappa shape index (κ2) is 12.6. The molecule has 0 amide bonds. The Morgan fingerprint density at radius 2 is 1.38 bits per heavy atom. The van der Waals surface area contributed by atoms with Crippen LogP contribution in [0.1, 0.15) is 34.6 Å². The lowest BCUT2D eigenvalue weighted by Gasteiger charge is -2.21. The van der Waals surface area contributed by atoms with Crippen LogP contribution in [0.2, 0.25) is 0 Å². The van der Waals surface area contributed by atoms with Crippen molar-refractivity contribution in [1.82, 2.24) is 0 Å². The second-order valence-corrected chi connectivity index (χ2v) is 9.62. The largest absolute Gasteiger partial charge is 0.489 e. The highest BCUT2D eigenvalue weighted by atomic mass is 35.5. The Bertz CT molecular complexity index is 882. The minimum Gasteiger partial charge on any atom is -0.489 e. The third-order valence-corrected chi connectivity index (χ3v) is 4.50. The maximum atomic E-state index is 5.92. The molecule has 0 heterocycles. The van der Waals surface area contributed by atoms with Gasteiger partial charge in [-0.25, -0.2) is 0 Å². The number of ether oxygens (including phenoxy) is 3. The Morgan fingerprint density at radius 3 is 1.84 bits per heavy atom. The van der Waals surface area contributed by atoms with E-state index in [4.69, 9.17) is 42.3 Å². The molecule has 7 heteroatoms. The van der Waals surface area contributed by atoms with Gasteiger partial charge in [-0.2, -0.15) is 0 Å². The molecule has 0 aliphatic heterocycles. The Morgan fingerprint density at radius 1 is 0.875 bits per heavy atom. The fourth-order valence-corrected chi connectivity index (χ4v) is 2.47. The van der Waals surface area contributed by atoms with E-state index in [9.17, 15) is 0 Å². The molecule has 5 nitrogen and oxygen atoms in total. The van der Waals surface area contributed by atoms with Gasteiger partial charge < -0.3 is 19.0 Å². The Kier molecular flexibility index (Phi) is 10.2. The van der Waals surface area contributed by atoms with Gasteiger partial charge in [-0.05, 0) is 60.5 Å². The highest BCUT2D eigenvalue weighted by molar-refractivity contribution is 6.55. The highest BCUT2D eigenvalue weighted by Crippen LogP contribution is 2.26. The Hall–Kier alpha value is -2.37. The van der Waals surface area contributed by atoms with Gasteiger partial charge in [-0.3, -0.25) is 0 Å². The molecule has 0 radical (unpaired) electrons. The van der Waals surface area contributed by atoms with Gasteiger partial charge in [0.25, 0.3) is 0 Å². The summed E-state index contributed by atoms with van der Waals surface area (Å²) in [6, 6.07) is 14.7. The van der Waals surface area contributed by atoms with Gasteiger partial charge in [0.2, 0.25) is 0 Å². The summed E-state index contributed by atoms with van der Waals surface area (Å²) in [4.78, 5) is 5.46. The third kappa shape index (κ3) is 9.84. The number of hydrogen-bond donors (Lipinski definition) is 0. The van der Waals surface area contributed by atoms with Gasteiger partial charge in [0.15, 0.2) is 0 Å². The molecular formula is C25H31Cl2NO4. The van der Waals surface area contributed by atoms with E-state index in [2.05, 4.69) is 39.8 Å². The first-order chi connectivity index (χ1) is 15.1. The zero-order chi connectivity index (χ0) is 23.6. The number of benzene rings is 2. The van der Waals surface area contributed by atoms with E-state index in [-0.39, 0.29) is 9.91 Å². The maximum Gasteiger partial charge on any atom is 0.130 e. The van der Waals surface area contributed by atoms with Gasteiger partial charge in [-0.15, -0.1) is 0 Å². The van der Waals surface area contributed by atoms with Crippen molar-refractivity contribution in [1.29, 1.82) is 0 Å². The monoisotopic (exact) mass is 479 g/mol. The molecule has 0 atom stereocenters. The summed E-state index contributed by atoms with van der Waals surface area (Å²) in [6.07, 6.45) is 1.58. The summed E-state index contributed by atoms with van der Waals surface area (Å²) in [5.41, 5.74) is 0.701. The second-order valence-electron chi connectivity index (χ2n) is 8.62. The Labute approximate surface area is 200 Å². The summed E-state index contributed by atoms with van der Waals surface area (Å²) in [7, 11) is 0. The van der Waals surface area contributed by atoms with Gasteiger partial charge in [0.05, 0.1) is 5.71 Å². The van der Waals surface area contributed by atoms with Crippen LogP contribution in [0, 0.1) is 11.3 Å². The Balaban J connectivity index is 1.90. The van der Waals surface area contributed by atoms with Crippen molar-refractivity contribution < 1.29 is 19.0 Å². The highest BCUT2D eigenvalue weighted by Gasteiger charge is 2.21. The SMILES string of the molecule is CC(C)CON=C(COc1ccc(Oc2ccc(OCC=C(Cl)Cl)cc2)cc1)C(C)(C)C. The van der Waals surface area contributed by atoms with Crippen molar-refractivity contribution in [2.45, 2.75) is 34.6 Å². The molecule has 32 heavy (non-hydrogen) atoms. The van der Waals surface area contributed by atoms with Crippen molar-refractivity contribution in [2.24, 2.45) is 16.5 Å². The first kappa shape index (κ1) is 25.9. The van der Waals surface area contributed by atoms with Crippen LogP contribution in [-0.4, -0.2) is 25.5 Å². The molecule has 2 aromatic rings. The molecule has 0 saturated heterocycles. The topological polar surface area (TPSA) is 49.3 Å². The molecule has 0 spiro atoms. The minimum absolute atomic E-state index is 0.150. The third-order valence-electron chi connectivity index (χ3n) is 4.19. The van der Waals surface area contributed by atoms with Crippen molar-refractivity contribution in [3.05, 3.63) is 59.1 Å². The standard InChI is InChI=1S/C25H31Cl2NO4/c1-18(2)16-31-28-23(25(3,4)5)17-30-20-8-12-22(13-9-20)32-21-10-6-19(7-11-21)29-15-14-24(26)27/h6-14,18H,15-17H2,1-5H3. The van der Waals surface area contributed by atoms with Crippen LogP contribution in [0.4, 0.5) is 0 Å². The zero-order valence-corrected chi connectivity index (χ0v) is 20.7. The number of halogens is 2. The van der Waals surface area contributed by atoms with Crippen LogP contribution in [0.5, 0.6) is 23.0 Å². The average Bonchev–Trinajstić information content (AvgIpc) is 2.71. The lowest BCUT2D eigenvalue weighted by atomic mass is 9.90. The van der Waals surface area contributed by atoms with Gasteiger partial charge in [0, 0.05) is 5.41 Å². The van der Waals surface area contributed by atoms with Gasteiger partial charge in [0.1, 0.15) is 47.3 Å². The quantitative estimate of drug-likeness (QED) is 0.245.